The molecule has 20 heavy (non-hydrogen) atoms. The summed E-state index contributed by atoms with van der Waals surface area (Å²) < 4.78 is 0. The fourth-order valence-corrected chi connectivity index (χ4v) is 0.887. The van der Waals surface area contributed by atoms with Crippen LogP contribution in [0.3, 0.4) is 0 Å². The van der Waals surface area contributed by atoms with Crippen LogP contribution >= 0.6 is 0 Å². The third kappa shape index (κ3) is 18.8. The summed E-state index contributed by atoms with van der Waals surface area (Å²) in [6.07, 6.45) is 7.65. The fourth-order valence-electron chi connectivity index (χ4n) is 0.887. The zero-order valence-electron chi connectivity index (χ0n) is 12.5. The fraction of sp³-hybridized carbons (Fsp3) is 0.500. The van der Waals surface area contributed by atoms with Crippen molar-refractivity contribution in [2.45, 2.75) is 40.0 Å². The largest absolute Gasteiger partial charge is 0.405 e. The summed E-state index contributed by atoms with van der Waals surface area (Å²) in [4.78, 5) is 20.4. The van der Waals surface area contributed by atoms with Crippen molar-refractivity contribution in [1.29, 1.82) is 0 Å². The third-order valence-corrected chi connectivity index (χ3v) is 1.74. The zero-order chi connectivity index (χ0) is 14.9. The number of hydrogen-bond donors (Lipinski definition) is 2. The van der Waals surface area contributed by atoms with E-state index in [-0.39, 0.29) is 24.1 Å². The van der Waals surface area contributed by atoms with Crippen molar-refractivity contribution in [2.24, 2.45) is 5.73 Å². The number of rotatable bonds is 3. The minimum atomic E-state index is -0.0709. The van der Waals surface area contributed by atoms with Gasteiger partial charge in [-0.2, -0.15) is 0 Å². The molecular formula is C14H24N4OV. The van der Waals surface area contributed by atoms with Crippen LogP contribution < -0.4 is 11.3 Å². The molecule has 0 aromatic carbocycles. The summed E-state index contributed by atoms with van der Waals surface area (Å²) in [6.45, 7) is 12.8. The summed E-state index contributed by atoms with van der Waals surface area (Å²) in [5, 5.41) is 0. The summed E-state index contributed by atoms with van der Waals surface area (Å²) in [6, 6.07) is 1.42. The Morgan fingerprint density at radius 2 is 2.05 bits per heavy atom. The number of nitrogens with zero attached hydrogens (tertiary/aromatic N) is 2. The minimum Gasteiger partial charge on any atom is -0.405 e. The van der Waals surface area contributed by atoms with Crippen LogP contribution in [0.1, 0.15) is 39.4 Å². The Labute approximate surface area is 133 Å². The normalized spacial score (nSPS) is 8.30. The number of aromatic nitrogens is 2. The first kappa shape index (κ1) is 23.6. The quantitative estimate of drug-likeness (QED) is 0.842. The van der Waals surface area contributed by atoms with E-state index in [1.807, 2.05) is 20.8 Å². The van der Waals surface area contributed by atoms with Crippen LogP contribution in [0.15, 0.2) is 29.3 Å². The van der Waals surface area contributed by atoms with E-state index in [2.05, 4.69) is 14.8 Å². The van der Waals surface area contributed by atoms with Crippen molar-refractivity contribution < 1.29 is 18.6 Å². The Balaban J connectivity index is -0.000000247. The average molecular weight is 315 g/mol. The first-order chi connectivity index (χ1) is 9.15. The van der Waals surface area contributed by atoms with Gasteiger partial charge < -0.3 is 15.6 Å². The molecule has 1 radical (unpaired) electrons. The second-order valence-corrected chi connectivity index (χ2v) is 3.54. The van der Waals surface area contributed by atoms with Crippen LogP contribution in [0.25, 0.3) is 4.85 Å². The SMILES string of the molecule is C/C=C\N.CCCc1nccc(=O)[nH]1.[C-]#[N+]CCC.[V]. The second kappa shape index (κ2) is 19.8. The smallest absolute Gasteiger partial charge is 0.250 e. The number of allylic oxidation sites excluding steroid dienone is 1. The van der Waals surface area contributed by atoms with Crippen LogP contribution in [-0.4, -0.2) is 16.5 Å². The standard InChI is InChI=1S/C7H10N2O.C4H7N.C3H7N.V/c1-2-3-6-8-5-4-7(10)9-6;1-3-4-5-2;1-2-3-4;/h4-5H,2-3H2,1H3,(H,8,9,10);3-4H2,1H3;2-3H,4H2,1H3;/b;;3-2-;. The Morgan fingerprint density at radius 3 is 2.35 bits per heavy atom. The van der Waals surface area contributed by atoms with Gasteiger partial charge in [0.15, 0.2) is 0 Å². The van der Waals surface area contributed by atoms with Crippen molar-refractivity contribution in [3.05, 3.63) is 52.1 Å². The Hall–Kier alpha value is -1.51. The molecule has 0 aliphatic rings. The summed E-state index contributed by atoms with van der Waals surface area (Å²) >= 11 is 0. The zero-order valence-corrected chi connectivity index (χ0v) is 13.9. The molecular weight excluding hydrogens is 291 g/mol. The van der Waals surface area contributed by atoms with Gasteiger partial charge in [-0.05, 0) is 19.5 Å². The molecule has 0 spiro atoms. The first-order valence-corrected chi connectivity index (χ1v) is 6.36. The van der Waals surface area contributed by atoms with Crippen molar-refractivity contribution in [3.63, 3.8) is 0 Å². The van der Waals surface area contributed by atoms with Crippen LogP contribution in [0.2, 0.25) is 0 Å². The topological polar surface area (TPSA) is 76.1 Å². The van der Waals surface area contributed by atoms with Crippen LogP contribution in [-0.2, 0) is 25.0 Å². The van der Waals surface area contributed by atoms with Gasteiger partial charge in [0.1, 0.15) is 5.82 Å². The number of nitrogens with one attached hydrogen (secondary N) is 1. The van der Waals surface area contributed by atoms with Crippen molar-refractivity contribution in [3.8, 4) is 0 Å². The molecule has 0 aliphatic heterocycles. The summed E-state index contributed by atoms with van der Waals surface area (Å²) in [7, 11) is 0. The Bertz CT molecular complexity index is 420. The molecule has 5 nitrogen and oxygen atoms in total. The second-order valence-electron chi connectivity index (χ2n) is 3.54. The molecule has 111 valence electrons. The van der Waals surface area contributed by atoms with Gasteiger partial charge in [-0.25, -0.2) is 11.6 Å². The van der Waals surface area contributed by atoms with Gasteiger partial charge in [0, 0.05) is 43.7 Å². The van der Waals surface area contributed by atoms with Gasteiger partial charge in [-0.15, -0.1) is 0 Å². The first-order valence-electron chi connectivity index (χ1n) is 6.36. The maximum absolute atomic E-state index is 10.7. The molecule has 0 saturated heterocycles. The average Bonchev–Trinajstić information content (AvgIpc) is 2.41. The monoisotopic (exact) mass is 315 g/mol. The van der Waals surface area contributed by atoms with Crippen LogP contribution in [0.5, 0.6) is 0 Å². The maximum Gasteiger partial charge on any atom is 0.250 e. The molecule has 0 unspecified atom stereocenters. The molecule has 0 atom stereocenters. The Morgan fingerprint density at radius 1 is 1.45 bits per heavy atom. The van der Waals surface area contributed by atoms with Gasteiger partial charge in [0.05, 0.1) is 0 Å². The molecule has 1 aromatic heterocycles. The van der Waals surface area contributed by atoms with Gasteiger partial charge in [-0.3, -0.25) is 4.79 Å². The molecule has 0 amide bonds. The summed E-state index contributed by atoms with van der Waals surface area (Å²) in [5.41, 5.74) is 4.78. The number of aryl methyl sites for hydroxylation is 1. The third-order valence-electron chi connectivity index (χ3n) is 1.74. The van der Waals surface area contributed by atoms with Crippen LogP contribution in [0, 0.1) is 6.57 Å². The van der Waals surface area contributed by atoms with Crippen molar-refractivity contribution in [2.75, 3.05) is 6.54 Å². The number of H-pyrrole nitrogens is 1. The van der Waals surface area contributed by atoms with Gasteiger partial charge in [-0.1, -0.05) is 19.9 Å². The number of nitrogens with two attached hydrogens (primary N) is 1. The van der Waals surface area contributed by atoms with E-state index in [9.17, 15) is 4.79 Å². The van der Waals surface area contributed by atoms with Crippen molar-refractivity contribution >= 4 is 0 Å². The van der Waals surface area contributed by atoms with Gasteiger partial charge >= 0.3 is 0 Å². The molecule has 6 heteroatoms. The van der Waals surface area contributed by atoms with Crippen molar-refractivity contribution in [1.82, 2.24) is 9.97 Å². The van der Waals surface area contributed by atoms with E-state index in [0.717, 1.165) is 25.1 Å². The van der Waals surface area contributed by atoms with E-state index in [0.29, 0.717) is 6.54 Å². The Kier molecular flexibility index (Phi) is 23.4. The maximum atomic E-state index is 10.7. The molecule has 1 aromatic rings. The predicted octanol–water partition coefficient (Wildman–Crippen LogP) is 2.51. The molecule has 0 bridgehead atoms. The molecule has 0 saturated carbocycles. The molecule has 0 fully saturated rings. The van der Waals surface area contributed by atoms with Gasteiger partial charge in [0.2, 0.25) is 6.54 Å². The van der Waals surface area contributed by atoms with E-state index >= 15 is 0 Å². The number of hydrogen-bond acceptors (Lipinski definition) is 3. The number of aromatic amines is 1. The molecule has 0 aliphatic carbocycles. The predicted molar refractivity (Wildman–Crippen MR) is 79.6 cm³/mol. The van der Waals surface area contributed by atoms with Crippen LogP contribution in [0.4, 0.5) is 0 Å². The molecule has 3 N–H and O–H groups in total. The molecule has 1 heterocycles. The summed E-state index contributed by atoms with van der Waals surface area (Å²) in [5.74, 6) is 0.773. The van der Waals surface area contributed by atoms with E-state index in [1.165, 1.54) is 18.5 Å². The van der Waals surface area contributed by atoms with E-state index in [1.54, 1.807) is 6.08 Å². The van der Waals surface area contributed by atoms with E-state index < -0.39 is 0 Å². The minimum absolute atomic E-state index is 0. The molecule has 1 rings (SSSR count). The van der Waals surface area contributed by atoms with Gasteiger partial charge in [0.25, 0.3) is 5.56 Å². The van der Waals surface area contributed by atoms with E-state index in [4.69, 9.17) is 12.3 Å².